The van der Waals surface area contributed by atoms with Gasteiger partial charge >= 0.3 is 0 Å². The number of fused-ring (bicyclic) bond motifs is 1. The van der Waals surface area contributed by atoms with Crippen molar-refractivity contribution in [3.05, 3.63) is 40.4 Å². The van der Waals surface area contributed by atoms with Gasteiger partial charge in [0, 0.05) is 19.6 Å². The second-order valence-electron chi connectivity index (χ2n) is 6.64. The monoisotopic (exact) mass is 343 g/mol. The molecule has 0 aliphatic carbocycles. The molecule has 2 atom stereocenters. The molecule has 134 valence electrons. The number of benzene rings is 1. The fourth-order valence-corrected chi connectivity index (χ4v) is 3.36. The zero-order valence-corrected chi connectivity index (χ0v) is 14.8. The van der Waals surface area contributed by atoms with Gasteiger partial charge in [0.2, 0.25) is 5.91 Å². The SMILES string of the molecule is Cc1nc2ccccc2c(=O)n1CCCC(=O)N[C@H](C)[C@H]1CCCO1. The van der Waals surface area contributed by atoms with Crippen molar-refractivity contribution in [1.29, 1.82) is 0 Å². The van der Waals surface area contributed by atoms with Crippen molar-refractivity contribution in [3.63, 3.8) is 0 Å². The minimum Gasteiger partial charge on any atom is -0.376 e. The molecule has 2 heterocycles. The number of hydrogen-bond acceptors (Lipinski definition) is 4. The third-order valence-electron chi connectivity index (χ3n) is 4.75. The van der Waals surface area contributed by atoms with Crippen LogP contribution in [0.15, 0.2) is 29.1 Å². The van der Waals surface area contributed by atoms with Gasteiger partial charge in [-0.1, -0.05) is 12.1 Å². The van der Waals surface area contributed by atoms with Crippen LogP contribution in [0.25, 0.3) is 10.9 Å². The lowest BCUT2D eigenvalue weighted by molar-refractivity contribution is -0.122. The van der Waals surface area contributed by atoms with Crippen LogP contribution in [0.1, 0.15) is 38.4 Å². The lowest BCUT2D eigenvalue weighted by Gasteiger charge is -2.20. The summed E-state index contributed by atoms with van der Waals surface area (Å²) in [5, 5.41) is 3.62. The summed E-state index contributed by atoms with van der Waals surface area (Å²) in [5.74, 6) is 0.680. The Labute approximate surface area is 147 Å². The van der Waals surface area contributed by atoms with Gasteiger partial charge in [0.15, 0.2) is 0 Å². The van der Waals surface area contributed by atoms with Crippen LogP contribution in [0.2, 0.25) is 0 Å². The van der Waals surface area contributed by atoms with Crippen LogP contribution in [0.4, 0.5) is 0 Å². The Morgan fingerprint density at radius 1 is 1.44 bits per heavy atom. The first-order valence-electron chi connectivity index (χ1n) is 8.93. The molecule has 1 N–H and O–H groups in total. The number of nitrogens with zero attached hydrogens (tertiary/aromatic N) is 2. The molecule has 1 aromatic carbocycles. The average molecular weight is 343 g/mol. The van der Waals surface area contributed by atoms with E-state index in [0.717, 1.165) is 19.4 Å². The summed E-state index contributed by atoms with van der Waals surface area (Å²) in [7, 11) is 0. The largest absolute Gasteiger partial charge is 0.376 e. The van der Waals surface area contributed by atoms with Gasteiger partial charge in [0.05, 0.1) is 23.0 Å². The molecule has 6 nitrogen and oxygen atoms in total. The van der Waals surface area contributed by atoms with Gasteiger partial charge in [-0.2, -0.15) is 0 Å². The first-order valence-corrected chi connectivity index (χ1v) is 8.93. The Balaban J connectivity index is 1.57. The van der Waals surface area contributed by atoms with Crippen LogP contribution in [0.5, 0.6) is 0 Å². The van der Waals surface area contributed by atoms with Crippen LogP contribution in [-0.4, -0.2) is 34.2 Å². The molecule has 2 aromatic rings. The molecule has 6 heteroatoms. The van der Waals surface area contributed by atoms with E-state index in [1.54, 1.807) is 10.6 Å². The Bertz CT molecular complexity index is 809. The number of aryl methyl sites for hydroxylation is 1. The minimum atomic E-state index is -0.0452. The molecule has 1 amide bonds. The van der Waals surface area contributed by atoms with E-state index in [-0.39, 0.29) is 23.6 Å². The normalized spacial score (nSPS) is 18.4. The lowest BCUT2D eigenvalue weighted by Crippen LogP contribution is -2.40. The molecule has 1 saturated heterocycles. The van der Waals surface area contributed by atoms with Crippen molar-refractivity contribution in [2.24, 2.45) is 0 Å². The standard InChI is InChI=1S/C19H25N3O3/c1-13(17-9-6-12-25-17)20-18(23)10-5-11-22-14(2)21-16-8-4-3-7-15(16)19(22)24/h3-4,7-8,13,17H,5-6,9-12H2,1-2H3,(H,20,23)/t13-,17-/m1/s1. The van der Waals surface area contributed by atoms with Gasteiger partial charge in [-0.25, -0.2) is 4.98 Å². The van der Waals surface area contributed by atoms with E-state index in [1.807, 2.05) is 32.0 Å². The van der Waals surface area contributed by atoms with Crippen LogP contribution < -0.4 is 10.9 Å². The molecule has 0 unspecified atom stereocenters. The van der Waals surface area contributed by atoms with Crippen LogP contribution in [0, 0.1) is 6.92 Å². The van der Waals surface area contributed by atoms with Gasteiger partial charge < -0.3 is 10.1 Å². The maximum atomic E-state index is 12.6. The Morgan fingerprint density at radius 3 is 3.00 bits per heavy atom. The summed E-state index contributed by atoms with van der Waals surface area (Å²) in [6.07, 6.45) is 3.17. The number of carbonyl (C=O) groups is 1. The highest BCUT2D eigenvalue weighted by molar-refractivity contribution is 5.77. The van der Waals surface area contributed by atoms with Gasteiger partial charge in [-0.05, 0) is 45.2 Å². The number of nitrogens with one attached hydrogen (secondary N) is 1. The summed E-state index contributed by atoms with van der Waals surface area (Å²) in [6.45, 7) is 5.08. The van der Waals surface area contributed by atoms with E-state index >= 15 is 0 Å². The van der Waals surface area contributed by atoms with E-state index in [1.165, 1.54) is 0 Å². The van der Waals surface area contributed by atoms with Crippen molar-refractivity contribution in [1.82, 2.24) is 14.9 Å². The molecule has 0 bridgehead atoms. The molecule has 1 fully saturated rings. The Morgan fingerprint density at radius 2 is 2.24 bits per heavy atom. The fraction of sp³-hybridized carbons (Fsp3) is 0.526. The molecular formula is C19H25N3O3. The zero-order valence-electron chi connectivity index (χ0n) is 14.8. The lowest BCUT2D eigenvalue weighted by atomic mass is 10.1. The van der Waals surface area contributed by atoms with Crippen molar-refractivity contribution < 1.29 is 9.53 Å². The fourth-order valence-electron chi connectivity index (χ4n) is 3.36. The average Bonchev–Trinajstić information content (AvgIpc) is 3.12. The second-order valence-corrected chi connectivity index (χ2v) is 6.64. The number of aromatic nitrogens is 2. The van der Waals surface area contributed by atoms with Gasteiger partial charge in [-0.3, -0.25) is 14.2 Å². The van der Waals surface area contributed by atoms with Crippen molar-refractivity contribution >= 4 is 16.8 Å². The van der Waals surface area contributed by atoms with Crippen LogP contribution in [-0.2, 0) is 16.1 Å². The summed E-state index contributed by atoms with van der Waals surface area (Å²) >= 11 is 0. The first-order chi connectivity index (χ1) is 12.1. The van der Waals surface area contributed by atoms with E-state index in [2.05, 4.69) is 10.3 Å². The number of hydrogen-bond donors (Lipinski definition) is 1. The van der Waals surface area contributed by atoms with E-state index in [9.17, 15) is 9.59 Å². The van der Waals surface area contributed by atoms with Crippen molar-refractivity contribution in [2.45, 2.75) is 58.2 Å². The predicted octanol–water partition coefficient (Wildman–Crippen LogP) is 2.17. The number of ether oxygens (including phenoxy) is 1. The number of rotatable bonds is 6. The summed E-state index contributed by atoms with van der Waals surface area (Å²) in [4.78, 5) is 29.2. The molecular weight excluding hydrogens is 318 g/mol. The number of carbonyl (C=O) groups excluding carboxylic acids is 1. The second kappa shape index (κ2) is 7.78. The van der Waals surface area contributed by atoms with Gasteiger partial charge in [0.1, 0.15) is 5.82 Å². The summed E-state index contributed by atoms with van der Waals surface area (Å²) in [6, 6.07) is 7.37. The molecule has 1 aliphatic heterocycles. The van der Waals surface area contributed by atoms with Crippen molar-refractivity contribution in [3.8, 4) is 0 Å². The van der Waals surface area contributed by atoms with E-state index < -0.39 is 0 Å². The molecule has 0 radical (unpaired) electrons. The molecule has 0 saturated carbocycles. The minimum absolute atomic E-state index is 0.00227. The highest BCUT2D eigenvalue weighted by Crippen LogP contribution is 2.15. The highest BCUT2D eigenvalue weighted by atomic mass is 16.5. The quantitative estimate of drug-likeness (QED) is 0.872. The maximum absolute atomic E-state index is 12.6. The van der Waals surface area contributed by atoms with Crippen LogP contribution >= 0.6 is 0 Å². The first kappa shape index (κ1) is 17.6. The molecule has 25 heavy (non-hydrogen) atoms. The third kappa shape index (κ3) is 4.07. The number of para-hydroxylation sites is 1. The highest BCUT2D eigenvalue weighted by Gasteiger charge is 2.23. The molecule has 0 spiro atoms. The third-order valence-corrected chi connectivity index (χ3v) is 4.75. The number of amides is 1. The van der Waals surface area contributed by atoms with Gasteiger partial charge in [-0.15, -0.1) is 0 Å². The Hall–Kier alpha value is -2.21. The maximum Gasteiger partial charge on any atom is 0.261 e. The predicted molar refractivity (Wildman–Crippen MR) is 96.6 cm³/mol. The van der Waals surface area contributed by atoms with E-state index in [4.69, 9.17) is 4.74 Å². The molecule has 1 aliphatic rings. The van der Waals surface area contributed by atoms with E-state index in [0.29, 0.717) is 36.1 Å². The smallest absolute Gasteiger partial charge is 0.261 e. The van der Waals surface area contributed by atoms with Crippen molar-refractivity contribution in [2.75, 3.05) is 6.61 Å². The molecule has 1 aromatic heterocycles. The van der Waals surface area contributed by atoms with Gasteiger partial charge in [0.25, 0.3) is 5.56 Å². The molecule has 3 rings (SSSR count). The zero-order chi connectivity index (χ0) is 17.8. The summed E-state index contributed by atoms with van der Waals surface area (Å²) in [5.41, 5.74) is 0.667. The topological polar surface area (TPSA) is 73.2 Å². The summed E-state index contributed by atoms with van der Waals surface area (Å²) < 4.78 is 7.25. The Kier molecular flexibility index (Phi) is 5.48. The van der Waals surface area contributed by atoms with Crippen LogP contribution in [0.3, 0.4) is 0 Å².